The van der Waals surface area contributed by atoms with Crippen LogP contribution in [0.2, 0.25) is 0 Å². The van der Waals surface area contributed by atoms with Gasteiger partial charge in [-0.05, 0) is 6.92 Å². The zero-order valence-corrected chi connectivity index (χ0v) is 10.7. The average molecular weight is 258 g/mol. The first-order valence-corrected chi connectivity index (χ1v) is 6.11. The highest BCUT2D eigenvalue weighted by Gasteiger charge is 2.30. The lowest BCUT2D eigenvalue weighted by Gasteiger charge is -2.37. The van der Waals surface area contributed by atoms with Gasteiger partial charge in [-0.3, -0.25) is 4.79 Å². The fraction of sp³-hybridized carbons (Fsp3) is 0.636. The minimum absolute atomic E-state index is 0.0177. The Labute approximate surface area is 105 Å². The van der Waals surface area contributed by atoms with Gasteiger partial charge in [0.05, 0.1) is 37.2 Å². The van der Waals surface area contributed by atoms with E-state index in [0.717, 1.165) is 0 Å². The molecule has 2 rings (SSSR count). The van der Waals surface area contributed by atoms with E-state index in [1.54, 1.807) is 22.0 Å². The number of ether oxygens (including phenoxy) is 1. The van der Waals surface area contributed by atoms with E-state index in [9.17, 15) is 4.79 Å². The molecule has 0 saturated carbocycles. The quantitative estimate of drug-likeness (QED) is 0.740. The molecule has 0 aliphatic carbocycles. The predicted octanol–water partition coefficient (Wildman–Crippen LogP) is 0.888. The molecule has 1 aliphatic heterocycles. The van der Waals surface area contributed by atoms with Crippen molar-refractivity contribution < 1.29 is 9.53 Å². The van der Waals surface area contributed by atoms with Crippen molar-refractivity contribution in [3.05, 3.63) is 18.2 Å². The molecule has 1 aromatic heterocycles. The maximum atomic E-state index is 12.3. The van der Waals surface area contributed by atoms with Crippen molar-refractivity contribution in [3.63, 3.8) is 0 Å². The van der Waals surface area contributed by atoms with Crippen LogP contribution in [-0.4, -0.2) is 51.5 Å². The van der Waals surface area contributed by atoms with Crippen LogP contribution in [0.3, 0.4) is 0 Å². The molecular formula is C11H16ClN3O2. The minimum atomic E-state index is -0.0787. The molecule has 2 atom stereocenters. The standard InChI is InChI=1S/C11H16ClN3O2/c1-8-6-17-9(3-12)5-15(8)11(16)10-4-13-7-14(10)2/h4,7-9H,3,5-6H2,1-2H3. The van der Waals surface area contributed by atoms with E-state index in [1.807, 2.05) is 14.0 Å². The van der Waals surface area contributed by atoms with E-state index in [0.29, 0.717) is 24.7 Å². The third kappa shape index (κ3) is 2.45. The van der Waals surface area contributed by atoms with Gasteiger partial charge >= 0.3 is 0 Å². The number of morpholine rings is 1. The summed E-state index contributed by atoms with van der Waals surface area (Å²) < 4.78 is 7.24. The second kappa shape index (κ2) is 5.06. The van der Waals surface area contributed by atoms with Crippen molar-refractivity contribution in [1.82, 2.24) is 14.5 Å². The van der Waals surface area contributed by atoms with Crippen LogP contribution in [0.5, 0.6) is 0 Å². The third-order valence-electron chi connectivity index (χ3n) is 2.97. The van der Waals surface area contributed by atoms with E-state index in [-0.39, 0.29) is 18.1 Å². The Kier molecular flexibility index (Phi) is 3.69. The first kappa shape index (κ1) is 12.4. The highest BCUT2D eigenvalue weighted by Crippen LogP contribution is 2.16. The summed E-state index contributed by atoms with van der Waals surface area (Å²) >= 11 is 5.77. The molecule has 1 aliphatic rings. The maximum Gasteiger partial charge on any atom is 0.272 e. The van der Waals surface area contributed by atoms with Crippen molar-refractivity contribution in [3.8, 4) is 0 Å². The van der Waals surface area contributed by atoms with Crippen LogP contribution in [0.15, 0.2) is 12.5 Å². The predicted molar refractivity (Wildman–Crippen MR) is 64.2 cm³/mol. The Morgan fingerprint density at radius 3 is 3.06 bits per heavy atom. The van der Waals surface area contributed by atoms with E-state index < -0.39 is 0 Å². The molecule has 5 nitrogen and oxygen atoms in total. The molecular weight excluding hydrogens is 242 g/mol. The van der Waals surface area contributed by atoms with Crippen molar-refractivity contribution in [2.24, 2.45) is 7.05 Å². The Bertz CT molecular complexity index is 407. The summed E-state index contributed by atoms with van der Waals surface area (Å²) in [5, 5.41) is 0. The van der Waals surface area contributed by atoms with Gasteiger partial charge in [-0.15, -0.1) is 11.6 Å². The maximum absolute atomic E-state index is 12.3. The lowest BCUT2D eigenvalue weighted by Crippen LogP contribution is -2.51. The summed E-state index contributed by atoms with van der Waals surface area (Å²) in [5.74, 6) is 0.387. The number of aromatic nitrogens is 2. The summed E-state index contributed by atoms with van der Waals surface area (Å²) in [6.07, 6.45) is 3.13. The first-order valence-electron chi connectivity index (χ1n) is 5.58. The molecule has 1 fully saturated rings. The van der Waals surface area contributed by atoms with Crippen molar-refractivity contribution in [2.45, 2.75) is 19.1 Å². The number of amides is 1. The van der Waals surface area contributed by atoms with Gasteiger partial charge in [-0.25, -0.2) is 4.98 Å². The number of halogens is 1. The van der Waals surface area contributed by atoms with E-state index in [4.69, 9.17) is 16.3 Å². The van der Waals surface area contributed by atoms with Gasteiger partial charge in [0.15, 0.2) is 0 Å². The number of carbonyl (C=O) groups excluding carboxylic acids is 1. The van der Waals surface area contributed by atoms with Gasteiger partial charge in [0.1, 0.15) is 5.69 Å². The zero-order chi connectivity index (χ0) is 12.4. The Hall–Kier alpha value is -1.07. The molecule has 1 saturated heterocycles. The van der Waals surface area contributed by atoms with Crippen LogP contribution in [0.4, 0.5) is 0 Å². The fourth-order valence-electron chi connectivity index (χ4n) is 1.90. The van der Waals surface area contributed by atoms with Crippen LogP contribution in [0, 0.1) is 0 Å². The second-order valence-electron chi connectivity index (χ2n) is 4.31. The van der Waals surface area contributed by atoms with Crippen LogP contribution in [-0.2, 0) is 11.8 Å². The van der Waals surface area contributed by atoms with Crippen LogP contribution in [0.25, 0.3) is 0 Å². The van der Waals surface area contributed by atoms with Gasteiger partial charge < -0.3 is 14.2 Å². The van der Waals surface area contributed by atoms with Gasteiger partial charge in [-0.2, -0.15) is 0 Å². The largest absolute Gasteiger partial charge is 0.373 e. The number of rotatable bonds is 2. The first-order chi connectivity index (χ1) is 8.13. The molecule has 1 aromatic rings. The number of hydrogen-bond acceptors (Lipinski definition) is 3. The van der Waals surface area contributed by atoms with Gasteiger partial charge in [-0.1, -0.05) is 0 Å². The number of carbonyl (C=O) groups is 1. The van der Waals surface area contributed by atoms with Crippen molar-refractivity contribution >= 4 is 17.5 Å². The molecule has 1 amide bonds. The topological polar surface area (TPSA) is 47.4 Å². The van der Waals surface area contributed by atoms with Gasteiger partial charge in [0.25, 0.3) is 5.91 Å². The van der Waals surface area contributed by atoms with Crippen LogP contribution >= 0.6 is 11.6 Å². The molecule has 94 valence electrons. The zero-order valence-electron chi connectivity index (χ0n) is 9.97. The van der Waals surface area contributed by atoms with E-state index in [1.165, 1.54) is 0 Å². The number of alkyl halides is 1. The molecule has 0 bridgehead atoms. The summed E-state index contributed by atoms with van der Waals surface area (Å²) in [4.78, 5) is 18.1. The normalized spacial score (nSPS) is 25.0. The van der Waals surface area contributed by atoms with Gasteiger partial charge in [0.2, 0.25) is 0 Å². The van der Waals surface area contributed by atoms with E-state index in [2.05, 4.69) is 4.98 Å². The second-order valence-corrected chi connectivity index (χ2v) is 4.61. The fourth-order valence-corrected chi connectivity index (χ4v) is 2.09. The number of imidazole rings is 1. The van der Waals surface area contributed by atoms with Crippen molar-refractivity contribution in [2.75, 3.05) is 19.0 Å². The number of nitrogens with zero attached hydrogens (tertiary/aromatic N) is 3. The Morgan fingerprint density at radius 2 is 2.47 bits per heavy atom. The molecule has 17 heavy (non-hydrogen) atoms. The van der Waals surface area contributed by atoms with Crippen LogP contribution < -0.4 is 0 Å². The molecule has 2 heterocycles. The molecule has 0 N–H and O–H groups in total. The summed E-state index contributed by atoms with van der Waals surface area (Å²) in [7, 11) is 1.81. The van der Waals surface area contributed by atoms with Crippen molar-refractivity contribution in [1.29, 1.82) is 0 Å². The highest BCUT2D eigenvalue weighted by atomic mass is 35.5. The Balaban J connectivity index is 2.15. The Morgan fingerprint density at radius 1 is 1.71 bits per heavy atom. The minimum Gasteiger partial charge on any atom is -0.373 e. The van der Waals surface area contributed by atoms with E-state index >= 15 is 0 Å². The lowest BCUT2D eigenvalue weighted by molar-refractivity contribution is -0.0375. The summed E-state index contributed by atoms with van der Waals surface area (Å²) in [6, 6.07) is 0.0665. The van der Waals surface area contributed by atoms with Gasteiger partial charge in [0, 0.05) is 13.6 Å². The average Bonchev–Trinajstić information content (AvgIpc) is 2.75. The SMILES string of the molecule is CC1COC(CCl)CN1C(=O)c1cncn1C. The smallest absolute Gasteiger partial charge is 0.272 e. The third-order valence-corrected chi connectivity index (χ3v) is 3.32. The van der Waals surface area contributed by atoms with Crippen LogP contribution in [0.1, 0.15) is 17.4 Å². The lowest BCUT2D eigenvalue weighted by atomic mass is 10.2. The molecule has 2 unspecified atom stereocenters. The summed E-state index contributed by atoms with van der Waals surface area (Å²) in [6.45, 7) is 3.04. The molecule has 0 radical (unpaired) electrons. The monoisotopic (exact) mass is 257 g/mol. The molecule has 0 aromatic carbocycles. The molecule has 6 heteroatoms. The number of aryl methyl sites for hydroxylation is 1. The molecule has 0 spiro atoms. The number of hydrogen-bond donors (Lipinski definition) is 0. The summed E-state index contributed by atoms with van der Waals surface area (Å²) in [5.41, 5.74) is 0.590. The highest BCUT2D eigenvalue weighted by molar-refractivity contribution is 6.18.